The fourth-order valence-electron chi connectivity index (χ4n) is 3.43. The molecule has 0 unspecified atom stereocenters. The number of hydrazone groups is 1. The average molecular weight is 419 g/mol. The van der Waals surface area contributed by atoms with Crippen molar-refractivity contribution in [3.05, 3.63) is 102 Å². The predicted molar refractivity (Wildman–Crippen MR) is 121 cm³/mol. The first-order valence-corrected chi connectivity index (χ1v) is 9.93. The summed E-state index contributed by atoms with van der Waals surface area (Å²) in [6.45, 7) is 0. The molecule has 0 aliphatic rings. The predicted octanol–water partition coefficient (Wildman–Crippen LogP) is 3.62. The number of fused-ring (bicyclic) bond motifs is 1. The molecule has 2 aromatic heterocycles. The zero-order valence-electron chi connectivity index (χ0n) is 16.8. The van der Waals surface area contributed by atoms with Crippen molar-refractivity contribution in [2.24, 2.45) is 5.10 Å². The maximum Gasteiger partial charge on any atom is 0.276 e. The van der Waals surface area contributed by atoms with E-state index >= 15 is 0 Å². The Morgan fingerprint density at radius 1 is 0.844 bits per heavy atom. The van der Waals surface area contributed by atoms with Crippen LogP contribution in [-0.2, 0) is 0 Å². The summed E-state index contributed by atoms with van der Waals surface area (Å²) in [5, 5.41) is 20.5. The zero-order chi connectivity index (χ0) is 21.8. The van der Waals surface area contributed by atoms with Crippen molar-refractivity contribution in [3.8, 4) is 22.4 Å². The zero-order valence-corrected chi connectivity index (χ0v) is 16.8. The lowest BCUT2D eigenvalue weighted by Crippen LogP contribution is -2.21. The van der Waals surface area contributed by atoms with Gasteiger partial charge in [0.15, 0.2) is 0 Å². The lowest BCUT2D eigenvalue weighted by atomic mass is 9.95. The van der Waals surface area contributed by atoms with E-state index in [2.05, 4.69) is 31.2 Å². The number of benzene rings is 3. The van der Waals surface area contributed by atoms with Crippen LogP contribution in [0.5, 0.6) is 0 Å². The average Bonchev–Trinajstić information content (AvgIpc) is 3.33. The minimum atomic E-state index is -0.435. The lowest BCUT2D eigenvalue weighted by Gasteiger charge is -2.14. The third-order valence-corrected chi connectivity index (χ3v) is 4.87. The van der Waals surface area contributed by atoms with Crippen LogP contribution < -0.4 is 5.43 Å². The largest absolute Gasteiger partial charge is 0.276 e. The SMILES string of the molecule is O=C(NN=Cc1ccccc1)c1c(-c2ccccc2)c(-c2ccccc2)nn2nnnc12. The second-order valence-corrected chi connectivity index (χ2v) is 6.93. The number of hydrogen-bond donors (Lipinski definition) is 1. The first kappa shape index (κ1) is 19.3. The minimum Gasteiger partial charge on any atom is -0.267 e. The number of aromatic nitrogens is 5. The summed E-state index contributed by atoms with van der Waals surface area (Å²) in [5.74, 6) is -0.435. The van der Waals surface area contributed by atoms with Crippen molar-refractivity contribution in [3.63, 3.8) is 0 Å². The Hall–Kier alpha value is -4.72. The van der Waals surface area contributed by atoms with Gasteiger partial charge in [0, 0.05) is 11.1 Å². The summed E-state index contributed by atoms with van der Waals surface area (Å²) in [6.07, 6.45) is 1.58. The van der Waals surface area contributed by atoms with Crippen LogP contribution in [0.15, 0.2) is 96.1 Å². The molecule has 154 valence electrons. The van der Waals surface area contributed by atoms with E-state index in [0.717, 1.165) is 16.7 Å². The molecule has 0 saturated carbocycles. The third-order valence-electron chi connectivity index (χ3n) is 4.87. The summed E-state index contributed by atoms with van der Waals surface area (Å²) in [7, 11) is 0. The number of tetrazole rings is 1. The first-order chi connectivity index (χ1) is 15.8. The van der Waals surface area contributed by atoms with E-state index in [4.69, 9.17) is 0 Å². The fourth-order valence-corrected chi connectivity index (χ4v) is 3.43. The maximum atomic E-state index is 13.4. The molecule has 8 nitrogen and oxygen atoms in total. The molecule has 0 aliphatic carbocycles. The third kappa shape index (κ3) is 3.72. The molecule has 1 N–H and O–H groups in total. The van der Waals surface area contributed by atoms with Crippen LogP contribution in [0.1, 0.15) is 15.9 Å². The van der Waals surface area contributed by atoms with Gasteiger partial charge in [-0.3, -0.25) is 4.79 Å². The van der Waals surface area contributed by atoms with Crippen LogP contribution in [0.3, 0.4) is 0 Å². The molecule has 1 amide bonds. The van der Waals surface area contributed by atoms with E-state index in [-0.39, 0.29) is 5.65 Å². The van der Waals surface area contributed by atoms with Gasteiger partial charge in [-0.25, -0.2) is 5.43 Å². The van der Waals surface area contributed by atoms with Gasteiger partial charge in [0.1, 0.15) is 5.69 Å². The second-order valence-electron chi connectivity index (χ2n) is 6.93. The van der Waals surface area contributed by atoms with Crippen molar-refractivity contribution in [1.82, 2.24) is 30.7 Å². The Morgan fingerprint density at radius 3 is 2.16 bits per heavy atom. The normalized spacial score (nSPS) is 11.1. The fraction of sp³-hybridized carbons (Fsp3) is 0. The number of nitrogens with zero attached hydrogens (tertiary/aromatic N) is 6. The molecule has 5 rings (SSSR count). The van der Waals surface area contributed by atoms with Crippen LogP contribution in [0, 0.1) is 0 Å². The van der Waals surface area contributed by atoms with Crippen LogP contribution in [0.4, 0.5) is 0 Å². The molecule has 32 heavy (non-hydrogen) atoms. The van der Waals surface area contributed by atoms with E-state index in [9.17, 15) is 4.79 Å². The van der Waals surface area contributed by atoms with E-state index < -0.39 is 5.91 Å². The summed E-state index contributed by atoms with van der Waals surface area (Å²) in [4.78, 5) is 13.4. The molecule has 2 heterocycles. The first-order valence-electron chi connectivity index (χ1n) is 9.93. The number of rotatable bonds is 5. The van der Waals surface area contributed by atoms with E-state index in [1.165, 1.54) is 4.63 Å². The van der Waals surface area contributed by atoms with Gasteiger partial charge < -0.3 is 0 Å². The van der Waals surface area contributed by atoms with Gasteiger partial charge in [0.2, 0.25) is 5.65 Å². The summed E-state index contributed by atoms with van der Waals surface area (Å²) in [6, 6.07) is 28.7. The van der Waals surface area contributed by atoms with E-state index in [1.807, 2.05) is 91.0 Å². The monoisotopic (exact) mass is 419 g/mol. The van der Waals surface area contributed by atoms with Gasteiger partial charge in [-0.05, 0) is 21.6 Å². The Kier molecular flexibility index (Phi) is 5.15. The summed E-state index contributed by atoms with van der Waals surface area (Å²) >= 11 is 0. The van der Waals surface area contributed by atoms with Crippen LogP contribution in [0.25, 0.3) is 28.0 Å². The van der Waals surface area contributed by atoms with Crippen molar-refractivity contribution in [2.45, 2.75) is 0 Å². The van der Waals surface area contributed by atoms with Crippen molar-refractivity contribution in [1.29, 1.82) is 0 Å². The number of hydrogen-bond acceptors (Lipinski definition) is 6. The molecule has 0 fully saturated rings. The van der Waals surface area contributed by atoms with Crippen molar-refractivity contribution < 1.29 is 4.79 Å². The van der Waals surface area contributed by atoms with Gasteiger partial charge >= 0.3 is 0 Å². The molecule has 0 aliphatic heterocycles. The molecular formula is C24H17N7O. The van der Waals surface area contributed by atoms with Gasteiger partial charge in [0.05, 0.1) is 11.8 Å². The number of amides is 1. The van der Waals surface area contributed by atoms with E-state index in [1.54, 1.807) is 6.21 Å². The Bertz CT molecular complexity index is 1400. The molecule has 5 aromatic rings. The Morgan fingerprint density at radius 2 is 1.47 bits per heavy atom. The maximum absolute atomic E-state index is 13.4. The molecule has 8 heteroatoms. The summed E-state index contributed by atoms with van der Waals surface area (Å²) < 4.78 is 1.27. The standard InChI is InChI=1S/C24H17N7O/c32-24(27-25-16-17-10-4-1-5-11-17)21-20(18-12-6-2-7-13-18)22(19-14-8-3-9-15-19)28-31-23(21)26-29-30-31/h1-16H,(H,27,32). The molecule has 0 spiro atoms. The highest BCUT2D eigenvalue weighted by Crippen LogP contribution is 2.34. The molecular weight excluding hydrogens is 402 g/mol. The molecule has 0 saturated heterocycles. The number of carbonyl (C=O) groups excluding carboxylic acids is 1. The lowest BCUT2D eigenvalue weighted by molar-refractivity contribution is 0.0956. The van der Waals surface area contributed by atoms with Crippen molar-refractivity contribution >= 4 is 17.8 Å². The van der Waals surface area contributed by atoms with Crippen LogP contribution in [-0.4, -0.2) is 37.4 Å². The van der Waals surface area contributed by atoms with Gasteiger partial charge in [-0.1, -0.05) is 91.0 Å². The molecule has 0 atom stereocenters. The number of carbonyl (C=O) groups is 1. The van der Waals surface area contributed by atoms with Crippen molar-refractivity contribution in [2.75, 3.05) is 0 Å². The summed E-state index contributed by atoms with van der Waals surface area (Å²) in [5.41, 5.74) is 6.90. The van der Waals surface area contributed by atoms with Gasteiger partial charge in [-0.15, -0.1) is 14.8 Å². The van der Waals surface area contributed by atoms with Crippen LogP contribution >= 0.6 is 0 Å². The molecule has 0 bridgehead atoms. The minimum absolute atomic E-state index is 0.246. The quantitative estimate of drug-likeness (QED) is 0.347. The smallest absolute Gasteiger partial charge is 0.267 e. The highest BCUT2D eigenvalue weighted by Gasteiger charge is 2.25. The number of nitrogens with one attached hydrogen (secondary N) is 1. The molecule has 0 radical (unpaired) electrons. The second kappa shape index (κ2) is 8.57. The topological polar surface area (TPSA) is 97.4 Å². The van der Waals surface area contributed by atoms with Gasteiger partial charge in [0.25, 0.3) is 5.91 Å². The van der Waals surface area contributed by atoms with Crippen LogP contribution in [0.2, 0.25) is 0 Å². The Labute approximate surface area is 183 Å². The highest BCUT2D eigenvalue weighted by molar-refractivity contribution is 6.08. The van der Waals surface area contributed by atoms with E-state index in [0.29, 0.717) is 16.8 Å². The molecule has 3 aromatic carbocycles. The highest BCUT2D eigenvalue weighted by atomic mass is 16.2. The van der Waals surface area contributed by atoms with Gasteiger partial charge in [-0.2, -0.15) is 5.10 Å². The Balaban J connectivity index is 1.67.